The van der Waals surface area contributed by atoms with Gasteiger partial charge in [0.05, 0.1) is 6.61 Å². The predicted molar refractivity (Wildman–Crippen MR) is 74.0 cm³/mol. The molecule has 5 nitrogen and oxygen atoms in total. The Balaban J connectivity index is 2.17. The van der Waals surface area contributed by atoms with Gasteiger partial charge in [0.15, 0.2) is 5.96 Å². The first kappa shape index (κ1) is 15.2. The lowest BCUT2D eigenvalue weighted by atomic mass is 10.0. The SMILES string of the molecule is CCOCCC1(CNC(=NC)NCCOC)CC1. The van der Waals surface area contributed by atoms with E-state index in [1.807, 2.05) is 6.92 Å². The number of methoxy groups -OCH3 is 1. The van der Waals surface area contributed by atoms with E-state index in [2.05, 4.69) is 15.6 Å². The number of guanidine groups is 1. The van der Waals surface area contributed by atoms with Gasteiger partial charge in [-0.15, -0.1) is 0 Å². The molecule has 1 rings (SSSR count). The van der Waals surface area contributed by atoms with Gasteiger partial charge in [0, 0.05) is 40.5 Å². The number of nitrogens with one attached hydrogen (secondary N) is 2. The van der Waals surface area contributed by atoms with Crippen LogP contribution >= 0.6 is 0 Å². The molecule has 0 radical (unpaired) electrons. The van der Waals surface area contributed by atoms with Crippen LogP contribution in [0, 0.1) is 5.41 Å². The molecule has 2 N–H and O–H groups in total. The van der Waals surface area contributed by atoms with Gasteiger partial charge in [-0.05, 0) is 31.6 Å². The molecule has 1 fully saturated rings. The monoisotopic (exact) mass is 257 g/mol. The minimum absolute atomic E-state index is 0.439. The maximum atomic E-state index is 5.43. The summed E-state index contributed by atoms with van der Waals surface area (Å²) < 4.78 is 10.4. The summed E-state index contributed by atoms with van der Waals surface area (Å²) in [5, 5.41) is 6.61. The minimum atomic E-state index is 0.439. The highest BCUT2D eigenvalue weighted by Crippen LogP contribution is 2.48. The fraction of sp³-hybridized carbons (Fsp3) is 0.923. The van der Waals surface area contributed by atoms with Crippen LogP contribution in [0.4, 0.5) is 0 Å². The van der Waals surface area contributed by atoms with Crippen molar-refractivity contribution in [1.29, 1.82) is 0 Å². The van der Waals surface area contributed by atoms with E-state index in [-0.39, 0.29) is 0 Å². The standard InChI is InChI=1S/C13H27N3O2/c1-4-18-9-7-13(5-6-13)11-16-12(14-2)15-8-10-17-3/h4-11H2,1-3H3,(H2,14,15,16). The Hall–Kier alpha value is -0.810. The zero-order valence-corrected chi connectivity index (χ0v) is 11.9. The molecule has 1 saturated carbocycles. The van der Waals surface area contributed by atoms with Crippen molar-refractivity contribution in [3.63, 3.8) is 0 Å². The van der Waals surface area contributed by atoms with E-state index in [4.69, 9.17) is 9.47 Å². The first-order chi connectivity index (χ1) is 8.76. The van der Waals surface area contributed by atoms with E-state index in [9.17, 15) is 0 Å². The van der Waals surface area contributed by atoms with Gasteiger partial charge in [-0.3, -0.25) is 4.99 Å². The molecule has 0 bridgehead atoms. The second-order valence-corrected chi connectivity index (χ2v) is 4.79. The van der Waals surface area contributed by atoms with Crippen LogP contribution in [0.25, 0.3) is 0 Å². The molecule has 1 aliphatic carbocycles. The van der Waals surface area contributed by atoms with Gasteiger partial charge in [-0.2, -0.15) is 0 Å². The minimum Gasteiger partial charge on any atom is -0.383 e. The normalized spacial score (nSPS) is 17.6. The van der Waals surface area contributed by atoms with Crippen LogP contribution in [0.3, 0.4) is 0 Å². The lowest BCUT2D eigenvalue weighted by Gasteiger charge is -2.18. The van der Waals surface area contributed by atoms with Gasteiger partial charge in [0.1, 0.15) is 0 Å². The van der Waals surface area contributed by atoms with Gasteiger partial charge >= 0.3 is 0 Å². The van der Waals surface area contributed by atoms with Crippen molar-refractivity contribution in [2.24, 2.45) is 10.4 Å². The molecule has 0 atom stereocenters. The van der Waals surface area contributed by atoms with Crippen molar-refractivity contribution in [1.82, 2.24) is 10.6 Å². The predicted octanol–water partition coefficient (Wildman–Crippen LogP) is 1.00. The van der Waals surface area contributed by atoms with Gasteiger partial charge in [-0.1, -0.05) is 0 Å². The summed E-state index contributed by atoms with van der Waals surface area (Å²) in [5.74, 6) is 0.856. The third-order valence-corrected chi connectivity index (χ3v) is 3.39. The van der Waals surface area contributed by atoms with Crippen molar-refractivity contribution in [2.75, 3.05) is 47.1 Å². The Kier molecular flexibility index (Phi) is 7.05. The van der Waals surface area contributed by atoms with Crippen LogP contribution in [0.1, 0.15) is 26.2 Å². The van der Waals surface area contributed by atoms with Crippen LogP contribution in [-0.4, -0.2) is 53.0 Å². The smallest absolute Gasteiger partial charge is 0.191 e. The summed E-state index contributed by atoms with van der Waals surface area (Å²) in [5.41, 5.74) is 0.439. The second-order valence-electron chi connectivity index (χ2n) is 4.79. The maximum Gasteiger partial charge on any atom is 0.191 e. The lowest BCUT2D eigenvalue weighted by molar-refractivity contribution is 0.128. The third kappa shape index (κ3) is 5.69. The number of aliphatic imine (C=N–C) groups is 1. The number of nitrogens with zero attached hydrogens (tertiary/aromatic N) is 1. The third-order valence-electron chi connectivity index (χ3n) is 3.39. The van der Waals surface area contributed by atoms with Gasteiger partial charge in [-0.25, -0.2) is 0 Å². The average Bonchev–Trinajstić information content (AvgIpc) is 3.14. The summed E-state index contributed by atoms with van der Waals surface area (Å²) in [6.45, 7) is 6.17. The Morgan fingerprint density at radius 2 is 2.06 bits per heavy atom. The van der Waals surface area contributed by atoms with Crippen LogP contribution in [-0.2, 0) is 9.47 Å². The van der Waals surface area contributed by atoms with Crippen molar-refractivity contribution in [2.45, 2.75) is 26.2 Å². The van der Waals surface area contributed by atoms with Crippen molar-refractivity contribution < 1.29 is 9.47 Å². The molecular weight excluding hydrogens is 230 g/mol. The van der Waals surface area contributed by atoms with Gasteiger partial charge in [0.25, 0.3) is 0 Å². The number of hydrogen-bond donors (Lipinski definition) is 2. The topological polar surface area (TPSA) is 54.9 Å². The average molecular weight is 257 g/mol. The Bertz CT molecular complexity index is 253. The quantitative estimate of drug-likeness (QED) is 0.368. The molecular formula is C13H27N3O2. The number of hydrogen-bond acceptors (Lipinski definition) is 3. The molecule has 0 aromatic carbocycles. The Morgan fingerprint density at radius 3 is 2.61 bits per heavy atom. The molecule has 0 aromatic rings. The van der Waals surface area contributed by atoms with E-state index in [1.54, 1.807) is 14.2 Å². The van der Waals surface area contributed by atoms with Gasteiger partial charge < -0.3 is 20.1 Å². The van der Waals surface area contributed by atoms with Crippen LogP contribution in [0.2, 0.25) is 0 Å². The van der Waals surface area contributed by atoms with Crippen LogP contribution < -0.4 is 10.6 Å². The molecule has 18 heavy (non-hydrogen) atoms. The zero-order chi connectivity index (χ0) is 13.3. The molecule has 0 aliphatic heterocycles. The highest BCUT2D eigenvalue weighted by molar-refractivity contribution is 5.79. The summed E-state index contributed by atoms with van der Waals surface area (Å²) in [6.07, 6.45) is 3.73. The number of rotatable bonds is 9. The summed E-state index contributed by atoms with van der Waals surface area (Å²) in [6, 6.07) is 0. The molecule has 106 valence electrons. The first-order valence-electron chi connectivity index (χ1n) is 6.77. The molecule has 0 saturated heterocycles. The summed E-state index contributed by atoms with van der Waals surface area (Å²) >= 11 is 0. The van der Waals surface area contributed by atoms with E-state index >= 15 is 0 Å². The zero-order valence-electron chi connectivity index (χ0n) is 11.9. The second kappa shape index (κ2) is 8.32. The Morgan fingerprint density at radius 1 is 1.28 bits per heavy atom. The fourth-order valence-corrected chi connectivity index (χ4v) is 1.89. The van der Waals surface area contributed by atoms with Crippen LogP contribution in [0.5, 0.6) is 0 Å². The number of ether oxygens (including phenoxy) is 2. The summed E-state index contributed by atoms with van der Waals surface area (Å²) in [7, 11) is 3.49. The largest absolute Gasteiger partial charge is 0.383 e. The van der Waals surface area contributed by atoms with Crippen molar-refractivity contribution in [3.8, 4) is 0 Å². The maximum absolute atomic E-state index is 5.43. The molecule has 1 aliphatic rings. The van der Waals surface area contributed by atoms with E-state index in [0.717, 1.165) is 38.7 Å². The lowest BCUT2D eigenvalue weighted by Crippen LogP contribution is -2.41. The van der Waals surface area contributed by atoms with Crippen LogP contribution in [0.15, 0.2) is 4.99 Å². The van der Waals surface area contributed by atoms with E-state index in [0.29, 0.717) is 12.0 Å². The highest BCUT2D eigenvalue weighted by Gasteiger charge is 2.41. The van der Waals surface area contributed by atoms with E-state index < -0.39 is 0 Å². The molecule has 0 aromatic heterocycles. The van der Waals surface area contributed by atoms with Crippen molar-refractivity contribution >= 4 is 5.96 Å². The molecule has 0 unspecified atom stereocenters. The van der Waals surface area contributed by atoms with E-state index in [1.165, 1.54) is 12.8 Å². The molecule has 5 heteroatoms. The van der Waals surface area contributed by atoms with Gasteiger partial charge in [0.2, 0.25) is 0 Å². The summed E-state index contributed by atoms with van der Waals surface area (Å²) in [4.78, 5) is 4.19. The highest BCUT2D eigenvalue weighted by atomic mass is 16.5. The fourth-order valence-electron chi connectivity index (χ4n) is 1.89. The Labute approximate surface area is 110 Å². The first-order valence-corrected chi connectivity index (χ1v) is 6.77. The molecule has 0 heterocycles. The van der Waals surface area contributed by atoms with Crippen molar-refractivity contribution in [3.05, 3.63) is 0 Å². The molecule has 0 amide bonds. The molecule has 0 spiro atoms.